The van der Waals surface area contributed by atoms with Gasteiger partial charge in [-0.3, -0.25) is 10.1 Å². The molecule has 0 saturated carbocycles. The van der Waals surface area contributed by atoms with Gasteiger partial charge >= 0.3 is 5.97 Å². The smallest absolute Gasteiger partial charge is 0.349 e. The first kappa shape index (κ1) is 17.5. The third-order valence-corrected chi connectivity index (χ3v) is 3.42. The Labute approximate surface area is 140 Å². The highest BCUT2D eigenvalue weighted by atomic mass is 16.6. The minimum atomic E-state index is -0.527. The van der Waals surface area contributed by atoms with Crippen molar-refractivity contribution in [1.29, 1.82) is 0 Å². The zero-order valence-corrected chi connectivity index (χ0v) is 13.8. The molecule has 0 atom stereocenters. The van der Waals surface area contributed by atoms with Gasteiger partial charge < -0.3 is 9.47 Å². The van der Waals surface area contributed by atoms with Crippen LogP contribution in [-0.2, 0) is 4.79 Å². The van der Waals surface area contributed by atoms with Gasteiger partial charge in [0.15, 0.2) is 6.61 Å². The quantitative estimate of drug-likeness (QED) is 0.346. The van der Waals surface area contributed by atoms with E-state index in [4.69, 9.17) is 9.47 Å². The maximum absolute atomic E-state index is 12.0. The van der Waals surface area contributed by atoms with Crippen LogP contribution in [0.15, 0.2) is 42.5 Å². The number of nitro benzene ring substituents is 1. The molecule has 0 spiro atoms. The predicted octanol–water partition coefficient (Wildman–Crippen LogP) is 4.01. The van der Waals surface area contributed by atoms with Crippen LogP contribution in [0.4, 0.5) is 5.69 Å². The van der Waals surface area contributed by atoms with Crippen molar-refractivity contribution in [3.05, 3.63) is 63.7 Å². The fourth-order valence-corrected chi connectivity index (χ4v) is 2.17. The van der Waals surface area contributed by atoms with Crippen LogP contribution in [0.1, 0.15) is 30.9 Å². The molecule has 0 N–H and O–H groups in total. The molecule has 2 rings (SSSR count). The van der Waals surface area contributed by atoms with Crippen molar-refractivity contribution >= 4 is 11.7 Å². The second-order valence-electron chi connectivity index (χ2n) is 5.71. The average Bonchev–Trinajstić information content (AvgIpc) is 2.53. The van der Waals surface area contributed by atoms with E-state index in [0.717, 1.165) is 11.1 Å². The number of nitro groups is 1. The summed E-state index contributed by atoms with van der Waals surface area (Å²) in [6, 6.07) is 11.3. The lowest BCUT2D eigenvalue weighted by atomic mass is 10.0. The second-order valence-corrected chi connectivity index (χ2v) is 5.71. The van der Waals surface area contributed by atoms with Crippen molar-refractivity contribution in [2.24, 2.45) is 0 Å². The highest BCUT2D eigenvalue weighted by molar-refractivity contribution is 5.74. The molecule has 0 aliphatic rings. The van der Waals surface area contributed by atoms with Crippen molar-refractivity contribution < 1.29 is 19.2 Å². The van der Waals surface area contributed by atoms with Crippen LogP contribution >= 0.6 is 0 Å². The first-order valence-corrected chi connectivity index (χ1v) is 7.55. The van der Waals surface area contributed by atoms with Crippen LogP contribution in [0.2, 0.25) is 0 Å². The number of benzene rings is 2. The summed E-state index contributed by atoms with van der Waals surface area (Å²) in [5.74, 6) is 0.595. The number of hydrogen-bond donors (Lipinski definition) is 0. The van der Waals surface area contributed by atoms with Gasteiger partial charge in [-0.2, -0.15) is 0 Å². The standard InChI is InChI=1S/C18H19NO5/c1-12(2)16-9-4-13(3)10-17(16)24-18(20)11-23-15-7-5-14(6-8-15)19(21)22/h4-10,12H,11H2,1-3H3. The molecule has 6 heteroatoms. The lowest BCUT2D eigenvalue weighted by Gasteiger charge is -2.14. The Morgan fingerprint density at radius 2 is 1.83 bits per heavy atom. The monoisotopic (exact) mass is 329 g/mol. The van der Waals surface area contributed by atoms with Gasteiger partial charge in [0.1, 0.15) is 11.5 Å². The van der Waals surface area contributed by atoms with Crippen molar-refractivity contribution in [2.75, 3.05) is 6.61 Å². The third-order valence-electron chi connectivity index (χ3n) is 3.42. The Morgan fingerprint density at radius 3 is 2.42 bits per heavy atom. The molecule has 0 radical (unpaired) electrons. The highest BCUT2D eigenvalue weighted by Gasteiger charge is 2.13. The van der Waals surface area contributed by atoms with E-state index in [2.05, 4.69) is 0 Å². The Kier molecular flexibility index (Phi) is 5.52. The molecule has 0 bridgehead atoms. The molecule has 0 fully saturated rings. The van der Waals surface area contributed by atoms with Crippen molar-refractivity contribution in [3.8, 4) is 11.5 Å². The number of carbonyl (C=O) groups is 1. The molecule has 2 aromatic rings. The van der Waals surface area contributed by atoms with Gasteiger partial charge in [0.05, 0.1) is 4.92 Å². The fraction of sp³-hybridized carbons (Fsp3) is 0.278. The van der Waals surface area contributed by atoms with Crippen LogP contribution < -0.4 is 9.47 Å². The van der Waals surface area contributed by atoms with Crippen LogP contribution in [0.3, 0.4) is 0 Å². The van der Waals surface area contributed by atoms with Crippen LogP contribution in [-0.4, -0.2) is 17.5 Å². The van der Waals surface area contributed by atoms with Gasteiger partial charge in [-0.1, -0.05) is 26.0 Å². The molecule has 0 aliphatic heterocycles. The number of non-ortho nitro benzene ring substituents is 1. The summed E-state index contributed by atoms with van der Waals surface area (Å²) in [6.07, 6.45) is 0. The summed E-state index contributed by atoms with van der Waals surface area (Å²) in [5, 5.41) is 10.6. The van der Waals surface area contributed by atoms with Gasteiger partial charge in [-0.25, -0.2) is 4.79 Å². The summed E-state index contributed by atoms with van der Waals surface area (Å²) in [7, 11) is 0. The maximum atomic E-state index is 12.0. The number of carbonyl (C=O) groups excluding carboxylic acids is 1. The summed E-state index contributed by atoms with van der Waals surface area (Å²) < 4.78 is 10.7. The first-order valence-electron chi connectivity index (χ1n) is 7.55. The van der Waals surface area contributed by atoms with E-state index in [1.54, 1.807) is 0 Å². The lowest BCUT2D eigenvalue weighted by molar-refractivity contribution is -0.384. The van der Waals surface area contributed by atoms with E-state index >= 15 is 0 Å². The largest absolute Gasteiger partial charge is 0.482 e. The Balaban J connectivity index is 1.98. The van der Waals surface area contributed by atoms with Crippen LogP contribution in [0.25, 0.3) is 0 Å². The van der Waals surface area contributed by atoms with Crippen LogP contribution in [0.5, 0.6) is 11.5 Å². The van der Waals surface area contributed by atoms with E-state index < -0.39 is 10.9 Å². The SMILES string of the molecule is Cc1ccc(C(C)C)c(OC(=O)COc2ccc([N+](=O)[O-])cc2)c1. The first-order chi connectivity index (χ1) is 11.4. The molecule has 0 amide bonds. The molecule has 0 saturated heterocycles. The fourth-order valence-electron chi connectivity index (χ4n) is 2.17. The molecule has 126 valence electrons. The minimum Gasteiger partial charge on any atom is -0.482 e. The zero-order chi connectivity index (χ0) is 17.7. The van der Waals surface area contributed by atoms with E-state index in [1.165, 1.54) is 24.3 Å². The van der Waals surface area contributed by atoms with Gasteiger partial charge in [-0.05, 0) is 42.2 Å². The third kappa shape index (κ3) is 4.55. The van der Waals surface area contributed by atoms with Crippen molar-refractivity contribution in [2.45, 2.75) is 26.7 Å². The molecule has 6 nitrogen and oxygen atoms in total. The number of rotatable bonds is 6. The van der Waals surface area contributed by atoms with Gasteiger partial charge in [-0.15, -0.1) is 0 Å². The normalized spacial score (nSPS) is 10.5. The second kappa shape index (κ2) is 7.59. The minimum absolute atomic E-state index is 0.0359. The summed E-state index contributed by atoms with van der Waals surface area (Å²) >= 11 is 0. The lowest BCUT2D eigenvalue weighted by Crippen LogP contribution is -2.18. The molecule has 24 heavy (non-hydrogen) atoms. The number of nitrogens with zero attached hydrogens (tertiary/aromatic N) is 1. The number of esters is 1. The van der Waals surface area contributed by atoms with Gasteiger partial charge in [0.25, 0.3) is 5.69 Å². The van der Waals surface area contributed by atoms with E-state index in [1.807, 2.05) is 39.0 Å². The van der Waals surface area contributed by atoms with E-state index in [-0.39, 0.29) is 18.2 Å². The zero-order valence-electron chi connectivity index (χ0n) is 13.8. The van der Waals surface area contributed by atoms with Gasteiger partial charge in [0.2, 0.25) is 0 Å². The number of aryl methyl sites for hydroxylation is 1. The molecule has 0 aliphatic carbocycles. The van der Waals surface area contributed by atoms with Crippen LogP contribution in [0, 0.1) is 17.0 Å². The van der Waals surface area contributed by atoms with E-state index in [0.29, 0.717) is 11.5 Å². The Morgan fingerprint density at radius 1 is 1.17 bits per heavy atom. The topological polar surface area (TPSA) is 78.7 Å². The summed E-state index contributed by atoms with van der Waals surface area (Å²) in [6.45, 7) is 5.70. The van der Waals surface area contributed by atoms with Gasteiger partial charge in [0, 0.05) is 12.1 Å². The number of hydrogen-bond acceptors (Lipinski definition) is 5. The highest BCUT2D eigenvalue weighted by Crippen LogP contribution is 2.27. The summed E-state index contributed by atoms with van der Waals surface area (Å²) in [4.78, 5) is 22.1. The molecule has 0 unspecified atom stereocenters. The Bertz CT molecular complexity index is 738. The molecular weight excluding hydrogens is 310 g/mol. The molecule has 0 aromatic heterocycles. The summed E-state index contributed by atoms with van der Waals surface area (Å²) in [5.41, 5.74) is 1.91. The predicted molar refractivity (Wildman–Crippen MR) is 89.5 cm³/mol. The molecule has 2 aromatic carbocycles. The van der Waals surface area contributed by atoms with Crippen molar-refractivity contribution in [3.63, 3.8) is 0 Å². The molecule has 0 heterocycles. The van der Waals surface area contributed by atoms with Crippen molar-refractivity contribution in [1.82, 2.24) is 0 Å². The average molecular weight is 329 g/mol. The maximum Gasteiger partial charge on any atom is 0.349 e. The number of ether oxygens (including phenoxy) is 2. The van der Waals surface area contributed by atoms with E-state index in [9.17, 15) is 14.9 Å². The molecular formula is C18H19NO5. The Hall–Kier alpha value is -2.89.